The lowest BCUT2D eigenvalue weighted by Crippen LogP contribution is -2.07. The Morgan fingerprint density at radius 2 is 1.84 bits per heavy atom. The average molecular weight is 459 g/mol. The molecule has 32 heavy (non-hydrogen) atoms. The number of nitrogens with one attached hydrogen (secondary N) is 1. The number of aromatic carboxylic acids is 1. The lowest BCUT2D eigenvalue weighted by molar-refractivity contribution is -0.137. The molecular formula is C23H14ClF3N2O3. The molecule has 0 aliphatic heterocycles. The molecule has 162 valence electrons. The van der Waals surface area contributed by atoms with Crippen molar-refractivity contribution in [1.29, 1.82) is 0 Å². The third-order valence-electron chi connectivity index (χ3n) is 4.74. The fourth-order valence-corrected chi connectivity index (χ4v) is 3.49. The molecule has 0 saturated heterocycles. The number of halogens is 4. The molecule has 0 spiro atoms. The molecule has 0 atom stereocenters. The van der Waals surface area contributed by atoms with E-state index in [4.69, 9.17) is 21.2 Å². The average Bonchev–Trinajstić information content (AvgIpc) is 3.41. The van der Waals surface area contributed by atoms with Crippen LogP contribution in [0, 0.1) is 0 Å². The molecule has 0 saturated carbocycles. The van der Waals surface area contributed by atoms with Gasteiger partial charge in [0.05, 0.1) is 21.7 Å². The molecule has 4 rings (SSSR count). The molecule has 0 unspecified atom stereocenters. The zero-order chi connectivity index (χ0) is 22.9. The number of aromatic nitrogens is 2. The highest BCUT2D eigenvalue weighted by atomic mass is 35.5. The van der Waals surface area contributed by atoms with Gasteiger partial charge in [-0.3, -0.25) is 0 Å². The number of hydrogen-bond acceptors (Lipinski definition) is 3. The zero-order valence-corrected chi connectivity index (χ0v) is 16.9. The summed E-state index contributed by atoms with van der Waals surface area (Å²) in [6.45, 7) is 0. The molecule has 0 bridgehead atoms. The normalized spacial score (nSPS) is 11.9. The number of rotatable bonds is 5. The van der Waals surface area contributed by atoms with Crippen LogP contribution in [-0.2, 0) is 6.18 Å². The molecule has 9 heteroatoms. The Hall–Kier alpha value is -3.78. The topological polar surface area (TPSA) is 79.1 Å². The van der Waals surface area contributed by atoms with Crippen LogP contribution in [0.4, 0.5) is 13.2 Å². The summed E-state index contributed by atoms with van der Waals surface area (Å²) < 4.78 is 46.5. The number of alkyl halides is 3. The summed E-state index contributed by atoms with van der Waals surface area (Å²) in [5, 5.41) is 12.8. The van der Waals surface area contributed by atoms with E-state index in [0.717, 1.165) is 6.07 Å². The third-order valence-corrected chi connectivity index (χ3v) is 5.06. The monoisotopic (exact) mass is 458 g/mol. The van der Waals surface area contributed by atoms with E-state index in [-0.39, 0.29) is 27.6 Å². The van der Waals surface area contributed by atoms with Gasteiger partial charge in [0.25, 0.3) is 0 Å². The van der Waals surface area contributed by atoms with E-state index in [0.29, 0.717) is 16.7 Å². The highest BCUT2D eigenvalue weighted by Crippen LogP contribution is 2.43. The fraction of sp³-hybridized carbons (Fsp3) is 0.0435. The molecule has 4 aromatic rings. The number of aromatic amines is 1. The number of H-pyrrole nitrogens is 1. The van der Waals surface area contributed by atoms with Crippen LogP contribution in [0.2, 0.25) is 5.02 Å². The molecule has 5 nitrogen and oxygen atoms in total. The van der Waals surface area contributed by atoms with Crippen LogP contribution in [0.15, 0.2) is 65.4 Å². The van der Waals surface area contributed by atoms with E-state index in [1.807, 2.05) is 0 Å². The van der Waals surface area contributed by atoms with Crippen molar-refractivity contribution >= 4 is 29.7 Å². The molecule has 0 fully saturated rings. The van der Waals surface area contributed by atoms with Crippen molar-refractivity contribution in [3.8, 4) is 22.6 Å². The minimum atomic E-state index is -4.65. The SMILES string of the molecule is O=C(O)c1ccc(/C=C/c2c(-c3c(Cl)cccc3C(F)(F)F)noc2-c2cc[nH]c2)cc1. The Morgan fingerprint density at radius 1 is 1.09 bits per heavy atom. The van der Waals surface area contributed by atoms with Gasteiger partial charge >= 0.3 is 12.1 Å². The molecule has 2 N–H and O–H groups in total. The molecule has 2 aromatic carbocycles. The number of nitrogens with zero attached hydrogens (tertiary/aromatic N) is 1. The maximum Gasteiger partial charge on any atom is 0.417 e. The largest absolute Gasteiger partial charge is 0.478 e. The van der Waals surface area contributed by atoms with Gasteiger partial charge in [-0.05, 0) is 42.0 Å². The molecule has 0 aliphatic carbocycles. The van der Waals surface area contributed by atoms with Gasteiger partial charge in [-0.2, -0.15) is 13.2 Å². The van der Waals surface area contributed by atoms with E-state index in [2.05, 4.69) is 10.1 Å². The van der Waals surface area contributed by atoms with Gasteiger partial charge in [0.2, 0.25) is 0 Å². The van der Waals surface area contributed by atoms with Crippen LogP contribution in [0.5, 0.6) is 0 Å². The van der Waals surface area contributed by atoms with Gasteiger partial charge in [0.1, 0.15) is 5.69 Å². The second kappa shape index (κ2) is 8.39. The van der Waals surface area contributed by atoms with Crippen LogP contribution in [0.1, 0.15) is 27.0 Å². The van der Waals surface area contributed by atoms with Crippen LogP contribution in [0.3, 0.4) is 0 Å². The van der Waals surface area contributed by atoms with Crippen LogP contribution in [-0.4, -0.2) is 21.2 Å². The first-order chi connectivity index (χ1) is 15.3. The van der Waals surface area contributed by atoms with Crippen LogP contribution < -0.4 is 0 Å². The summed E-state index contributed by atoms with van der Waals surface area (Å²) in [6, 6.07) is 11.2. The summed E-state index contributed by atoms with van der Waals surface area (Å²) in [7, 11) is 0. The third kappa shape index (κ3) is 4.17. The number of benzene rings is 2. The van der Waals surface area contributed by atoms with E-state index in [1.54, 1.807) is 42.7 Å². The molecule has 2 heterocycles. The molecule has 2 aromatic heterocycles. The Kier molecular flexibility index (Phi) is 5.63. The molecule has 0 radical (unpaired) electrons. The highest BCUT2D eigenvalue weighted by molar-refractivity contribution is 6.33. The Bertz CT molecular complexity index is 1290. The Balaban J connectivity index is 1.87. The van der Waals surface area contributed by atoms with Gasteiger partial charge in [-0.1, -0.05) is 41.0 Å². The maximum absolute atomic E-state index is 13.7. The summed E-state index contributed by atoms with van der Waals surface area (Å²) in [5.74, 6) is -0.803. The van der Waals surface area contributed by atoms with E-state index >= 15 is 0 Å². The van der Waals surface area contributed by atoms with Crippen molar-refractivity contribution in [3.05, 3.63) is 88.2 Å². The van der Waals surface area contributed by atoms with Gasteiger partial charge in [0, 0.05) is 23.5 Å². The van der Waals surface area contributed by atoms with Crippen LogP contribution in [0.25, 0.3) is 34.7 Å². The summed E-state index contributed by atoms with van der Waals surface area (Å²) in [6.07, 6.45) is 1.81. The summed E-state index contributed by atoms with van der Waals surface area (Å²) in [4.78, 5) is 13.9. The summed E-state index contributed by atoms with van der Waals surface area (Å²) >= 11 is 6.17. The van der Waals surface area contributed by atoms with Crippen molar-refractivity contribution in [1.82, 2.24) is 10.1 Å². The first-order valence-electron chi connectivity index (χ1n) is 9.26. The van der Waals surface area contributed by atoms with Crippen molar-refractivity contribution in [3.63, 3.8) is 0 Å². The van der Waals surface area contributed by atoms with Gasteiger partial charge in [0.15, 0.2) is 5.76 Å². The highest BCUT2D eigenvalue weighted by Gasteiger charge is 2.36. The van der Waals surface area contributed by atoms with Gasteiger partial charge in [-0.25, -0.2) is 4.79 Å². The maximum atomic E-state index is 13.7. The predicted octanol–water partition coefficient (Wildman–Crippen LogP) is 6.88. The van der Waals surface area contributed by atoms with Crippen molar-refractivity contribution in [2.75, 3.05) is 0 Å². The first-order valence-corrected chi connectivity index (χ1v) is 9.64. The van der Waals surface area contributed by atoms with E-state index in [9.17, 15) is 18.0 Å². The quantitative estimate of drug-likeness (QED) is 0.342. The minimum absolute atomic E-state index is 0.0578. The van der Waals surface area contributed by atoms with Crippen molar-refractivity contribution < 1.29 is 27.6 Å². The Labute approximate surface area is 184 Å². The lowest BCUT2D eigenvalue weighted by atomic mass is 9.98. The first kappa shape index (κ1) is 21.5. The smallest absolute Gasteiger partial charge is 0.417 e. The fourth-order valence-electron chi connectivity index (χ4n) is 3.22. The molecule has 0 amide bonds. The van der Waals surface area contributed by atoms with Crippen LogP contribution >= 0.6 is 11.6 Å². The van der Waals surface area contributed by atoms with Gasteiger partial charge < -0.3 is 14.6 Å². The second-order valence-corrected chi connectivity index (χ2v) is 7.20. The second-order valence-electron chi connectivity index (χ2n) is 6.79. The molecule has 0 aliphatic rings. The number of carboxylic acid groups (broad SMARTS) is 1. The Morgan fingerprint density at radius 3 is 2.47 bits per heavy atom. The number of carboxylic acids is 1. The number of hydrogen-bond donors (Lipinski definition) is 2. The van der Waals surface area contributed by atoms with Crippen molar-refractivity contribution in [2.45, 2.75) is 6.18 Å². The lowest BCUT2D eigenvalue weighted by Gasteiger charge is -2.13. The summed E-state index contributed by atoms with van der Waals surface area (Å²) in [5.41, 5.74) is 0.366. The minimum Gasteiger partial charge on any atom is -0.478 e. The van der Waals surface area contributed by atoms with E-state index < -0.39 is 17.7 Å². The van der Waals surface area contributed by atoms with Crippen molar-refractivity contribution in [2.24, 2.45) is 0 Å². The number of carbonyl (C=O) groups is 1. The molecular weight excluding hydrogens is 445 g/mol. The van der Waals surface area contributed by atoms with Gasteiger partial charge in [-0.15, -0.1) is 0 Å². The predicted molar refractivity (Wildman–Crippen MR) is 114 cm³/mol. The standard InChI is InChI=1S/C23H14ClF3N2O3/c24-18-3-1-2-17(23(25,26)27)19(18)20-16(21(32-29-20)15-10-11-28-12-15)9-6-13-4-7-14(8-5-13)22(30)31/h1-12,28H,(H,30,31)/b9-6+. The van der Waals surface area contributed by atoms with E-state index in [1.165, 1.54) is 24.3 Å². The zero-order valence-electron chi connectivity index (χ0n) is 16.2.